The quantitative estimate of drug-likeness (QED) is 0.277. The van der Waals surface area contributed by atoms with Gasteiger partial charge in [0, 0.05) is 39.9 Å². The largest absolute Gasteiger partial charge is 0.401 e. The van der Waals surface area contributed by atoms with Crippen molar-refractivity contribution in [2.24, 2.45) is 16.3 Å². The van der Waals surface area contributed by atoms with E-state index >= 15 is 0 Å². The Hall–Kier alpha value is -0.290. The van der Waals surface area contributed by atoms with Gasteiger partial charge in [-0.05, 0) is 50.5 Å². The Morgan fingerprint density at radius 3 is 2.57 bits per heavy atom. The maximum atomic E-state index is 12.5. The normalized spacial score (nSPS) is 22.9. The van der Waals surface area contributed by atoms with Crippen molar-refractivity contribution < 1.29 is 17.9 Å². The molecule has 2 rings (SSSR count). The van der Waals surface area contributed by atoms with Crippen LogP contribution in [0.5, 0.6) is 0 Å². The van der Waals surface area contributed by atoms with E-state index in [1.807, 2.05) is 6.92 Å². The zero-order valence-electron chi connectivity index (χ0n) is 17.1. The molecule has 0 spiro atoms. The Bertz CT molecular complexity index is 471. The minimum absolute atomic E-state index is 0. The molecule has 0 aromatic heterocycles. The molecule has 1 atom stereocenters. The van der Waals surface area contributed by atoms with Crippen LogP contribution in [0, 0.1) is 11.3 Å². The zero-order chi connectivity index (χ0) is 19.8. The summed E-state index contributed by atoms with van der Waals surface area (Å²) in [5.41, 5.74) is 0.231. The summed E-state index contributed by atoms with van der Waals surface area (Å²) < 4.78 is 42.9. The third-order valence-electron chi connectivity index (χ3n) is 5.75. The molecule has 0 aromatic carbocycles. The molecule has 9 heteroatoms. The molecular formula is C19H36F3IN4O. The van der Waals surface area contributed by atoms with Crippen LogP contribution in [-0.4, -0.2) is 70.0 Å². The van der Waals surface area contributed by atoms with E-state index in [0.717, 1.165) is 38.5 Å². The van der Waals surface area contributed by atoms with Crippen LogP contribution in [0.3, 0.4) is 0 Å². The van der Waals surface area contributed by atoms with E-state index in [9.17, 15) is 13.2 Å². The lowest BCUT2D eigenvalue weighted by atomic mass is 9.83. The van der Waals surface area contributed by atoms with Crippen molar-refractivity contribution in [1.82, 2.24) is 15.5 Å². The first kappa shape index (κ1) is 25.7. The predicted octanol–water partition coefficient (Wildman–Crippen LogP) is 3.64. The average molecular weight is 520 g/mol. The number of ether oxygens (including phenoxy) is 1. The van der Waals surface area contributed by atoms with Crippen LogP contribution in [0.2, 0.25) is 0 Å². The second-order valence-corrected chi connectivity index (χ2v) is 8.03. The topological polar surface area (TPSA) is 48.9 Å². The molecule has 166 valence electrons. The summed E-state index contributed by atoms with van der Waals surface area (Å²) in [7, 11) is 1.74. The van der Waals surface area contributed by atoms with Gasteiger partial charge in [0.2, 0.25) is 0 Å². The van der Waals surface area contributed by atoms with Gasteiger partial charge >= 0.3 is 6.18 Å². The molecule has 28 heavy (non-hydrogen) atoms. The lowest BCUT2D eigenvalue weighted by Crippen LogP contribution is -2.41. The smallest absolute Gasteiger partial charge is 0.385 e. The zero-order valence-corrected chi connectivity index (χ0v) is 19.4. The van der Waals surface area contributed by atoms with E-state index in [-0.39, 0.29) is 35.3 Å². The van der Waals surface area contributed by atoms with Crippen molar-refractivity contribution in [2.45, 2.75) is 51.6 Å². The minimum atomic E-state index is -4.11. The van der Waals surface area contributed by atoms with Crippen LogP contribution in [0.15, 0.2) is 4.99 Å². The van der Waals surface area contributed by atoms with Gasteiger partial charge in [-0.1, -0.05) is 12.8 Å². The summed E-state index contributed by atoms with van der Waals surface area (Å²) >= 11 is 0. The Morgan fingerprint density at radius 2 is 1.96 bits per heavy atom. The molecule has 0 bridgehead atoms. The van der Waals surface area contributed by atoms with E-state index in [1.54, 1.807) is 7.11 Å². The molecule has 2 fully saturated rings. The van der Waals surface area contributed by atoms with Crippen molar-refractivity contribution in [2.75, 3.05) is 53.0 Å². The van der Waals surface area contributed by atoms with Gasteiger partial charge in [-0.2, -0.15) is 13.2 Å². The Morgan fingerprint density at radius 1 is 1.25 bits per heavy atom. The van der Waals surface area contributed by atoms with Gasteiger partial charge in [0.1, 0.15) is 0 Å². The van der Waals surface area contributed by atoms with Gasteiger partial charge < -0.3 is 15.4 Å². The molecular weight excluding hydrogens is 484 g/mol. The van der Waals surface area contributed by atoms with Crippen LogP contribution in [0.25, 0.3) is 0 Å². The third-order valence-corrected chi connectivity index (χ3v) is 5.75. The van der Waals surface area contributed by atoms with Crippen molar-refractivity contribution in [1.29, 1.82) is 0 Å². The fourth-order valence-electron chi connectivity index (χ4n) is 4.24. The second-order valence-electron chi connectivity index (χ2n) is 8.03. The lowest BCUT2D eigenvalue weighted by molar-refractivity contribution is -0.143. The first-order chi connectivity index (χ1) is 12.9. The fourth-order valence-corrected chi connectivity index (χ4v) is 4.24. The third kappa shape index (κ3) is 9.02. The summed E-state index contributed by atoms with van der Waals surface area (Å²) in [6.45, 7) is 5.18. The molecule has 2 aliphatic rings. The van der Waals surface area contributed by atoms with Crippen molar-refractivity contribution >= 4 is 29.9 Å². The maximum absolute atomic E-state index is 12.5. The number of methoxy groups -OCH3 is 1. The molecule has 1 unspecified atom stereocenters. The summed E-state index contributed by atoms with van der Waals surface area (Å²) in [5.74, 6) is 1.00. The molecule has 1 aliphatic carbocycles. The SMILES string of the molecule is CCNC(=NCC1(CCOC)CCCC1)NCC1CCN(CC(F)(F)F)C1.I. The summed E-state index contributed by atoms with van der Waals surface area (Å²) in [6.07, 6.45) is 2.58. The fraction of sp³-hybridized carbons (Fsp3) is 0.947. The number of hydrogen-bond donors (Lipinski definition) is 2. The summed E-state index contributed by atoms with van der Waals surface area (Å²) in [5, 5.41) is 6.61. The minimum Gasteiger partial charge on any atom is -0.385 e. The Balaban J connectivity index is 0.00000392. The highest BCUT2D eigenvalue weighted by molar-refractivity contribution is 14.0. The van der Waals surface area contributed by atoms with E-state index in [4.69, 9.17) is 9.73 Å². The van der Waals surface area contributed by atoms with Crippen molar-refractivity contribution in [3.05, 3.63) is 0 Å². The number of halogens is 4. The summed E-state index contributed by atoms with van der Waals surface area (Å²) in [6, 6.07) is 0. The number of rotatable bonds is 9. The molecule has 1 aliphatic heterocycles. The summed E-state index contributed by atoms with van der Waals surface area (Å²) in [4.78, 5) is 6.30. The van der Waals surface area contributed by atoms with Crippen molar-refractivity contribution in [3.63, 3.8) is 0 Å². The number of likely N-dealkylation sites (tertiary alicyclic amines) is 1. The maximum Gasteiger partial charge on any atom is 0.401 e. The molecule has 2 N–H and O–H groups in total. The van der Waals surface area contributed by atoms with E-state index in [2.05, 4.69) is 10.6 Å². The Kier molecular flexibility index (Phi) is 11.4. The van der Waals surface area contributed by atoms with Crippen LogP contribution in [0.4, 0.5) is 13.2 Å². The van der Waals surface area contributed by atoms with Crippen LogP contribution >= 0.6 is 24.0 Å². The standard InChI is InChI=1S/C19H35F3N4O.HI/c1-3-23-17(25-14-18(9-11-27-2)7-4-5-8-18)24-12-16-6-10-26(13-16)15-19(20,21)22;/h16H,3-15H2,1-2H3,(H2,23,24,25);1H. The first-order valence-corrected chi connectivity index (χ1v) is 10.2. The first-order valence-electron chi connectivity index (χ1n) is 10.2. The number of nitrogens with one attached hydrogen (secondary N) is 2. The van der Waals surface area contributed by atoms with E-state index in [0.29, 0.717) is 19.6 Å². The van der Waals surface area contributed by atoms with Gasteiger partial charge in [0.25, 0.3) is 0 Å². The molecule has 1 saturated heterocycles. The van der Waals surface area contributed by atoms with Gasteiger partial charge in [-0.15, -0.1) is 24.0 Å². The second kappa shape index (κ2) is 12.4. The molecule has 0 amide bonds. The number of nitrogens with zero attached hydrogens (tertiary/aromatic N) is 2. The van der Waals surface area contributed by atoms with Gasteiger partial charge in [0.05, 0.1) is 6.54 Å². The number of hydrogen-bond acceptors (Lipinski definition) is 3. The monoisotopic (exact) mass is 520 g/mol. The lowest BCUT2D eigenvalue weighted by Gasteiger charge is -2.27. The average Bonchev–Trinajstić information content (AvgIpc) is 3.24. The molecule has 0 aromatic rings. The van der Waals surface area contributed by atoms with Crippen LogP contribution in [-0.2, 0) is 4.74 Å². The van der Waals surface area contributed by atoms with Crippen molar-refractivity contribution in [3.8, 4) is 0 Å². The molecule has 5 nitrogen and oxygen atoms in total. The highest BCUT2D eigenvalue weighted by Gasteiger charge is 2.35. The highest BCUT2D eigenvalue weighted by Crippen LogP contribution is 2.41. The van der Waals surface area contributed by atoms with E-state index in [1.165, 1.54) is 30.6 Å². The highest BCUT2D eigenvalue weighted by atomic mass is 127. The molecule has 1 saturated carbocycles. The van der Waals surface area contributed by atoms with Gasteiger partial charge in [-0.25, -0.2) is 0 Å². The predicted molar refractivity (Wildman–Crippen MR) is 117 cm³/mol. The van der Waals surface area contributed by atoms with Crippen LogP contribution < -0.4 is 10.6 Å². The van der Waals surface area contributed by atoms with Crippen LogP contribution in [0.1, 0.15) is 45.4 Å². The number of guanidine groups is 1. The number of alkyl halides is 3. The van der Waals surface area contributed by atoms with E-state index < -0.39 is 12.7 Å². The number of aliphatic imine (C=N–C) groups is 1. The molecule has 1 heterocycles. The van der Waals surface area contributed by atoms with Gasteiger partial charge in [0.15, 0.2) is 5.96 Å². The van der Waals surface area contributed by atoms with Gasteiger partial charge in [-0.3, -0.25) is 9.89 Å². The Labute approximate surface area is 184 Å². The molecule has 0 radical (unpaired) electrons.